The number of hydrogen-bond acceptors (Lipinski definition) is 5. The van der Waals surface area contributed by atoms with Gasteiger partial charge in [-0.1, -0.05) is 6.07 Å². The van der Waals surface area contributed by atoms with Crippen LogP contribution in [0.25, 0.3) is 11.1 Å². The van der Waals surface area contributed by atoms with Crippen LogP contribution < -0.4 is 15.2 Å². The third kappa shape index (κ3) is 2.83. The Morgan fingerprint density at radius 2 is 1.80 bits per heavy atom. The van der Waals surface area contributed by atoms with Gasteiger partial charge in [-0.25, -0.2) is 4.98 Å². The van der Waals surface area contributed by atoms with E-state index in [4.69, 9.17) is 19.6 Å². The summed E-state index contributed by atoms with van der Waals surface area (Å²) in [5.41, 5.74) is 7.87. The summed E-state index contributed by atoms with van der Waals surface area (Å²) in [6.45, 7) is 0.887. The van der Waals surface area contributed by atoms with E-state index in [-0.39, 0.29) is 0 Å². The van der Waals surface area contributed by atoms with Gasteiger partial charge in [0.25, 0.3) is 0 Å². The second-order valence-corrected chi connectivity index (χ2v) is 4.25. The molecular weight excluding hydrogens is 256 g/mol. The summed E-state index contributed by atoms with van der Waals surface area (Å²) >= 11 is 0. The van der Waals surface area contributed by atoms with Gasteiger partial charge in [0, 0.05) is 17.8 Å². The maximum absolute atomic E-state index is 5.67. The first kappa shape index (κ1) is 12.3. The number of nitrogens with zero attached hydrogens (tertiary/aromatic N) is 1. The highest BCUT2D eigenvalue weighted by Crippen LogP contribution is 2.19. The largest absolute Gasteiger partial charge is 0.490 e. The van der Waals surface area contributed by atoms with Crippen LogP contribution in [0, 0.1) is 0 Å². The summed E-state index contributed by atoms with van der Waals surface area (Å²) in [4.78, 5) is 4.07. The van der Waals surface area contributed by atoms with Gasteiger partial charge >= 0.3 is 0 Å². The molecule has 0 aliphatic carbocycles. The Balaban J connectivity index is 1.52. The molecule has 5 heteroatoms. The van der Waals surface area contributed by atoms with Gasteiger partial charge in [0.2, 0.25) is 0 Å². The average molecular weight is 270 g/mol. The highest BCUT2D eigenvalue weighted by atomic mass is 16.5. The van der Waals surface area contributed by atoms with Crippen molar-refractivity contribution in [3.63, 3.8) is 0 Å². The summed E-state index contributed by atoms with van der Waals surface area (Å²) < 4.78 is 16.3. The van der Waals surface area contributed by atoms with Gasteiger partial charge in [0.1, 0.15) is 30.2 Å². The zero-order valence-corrected chi connectivity index (χ0v) is 10.8. The van der Waals surface area contributed by atoms with Gasteiger partial charge in [0.05, 0.1) is 0 Å². The van der Waals surface area contributed by atoms with Crippen molar-refractivity contribution in [3.8, 4) is 11.5 Å². The third-order valence-corrected chi connectivity index (χ3v) is 2.78. The number of aromatic nitrogens is 1. The number of rotatable bonds is 5. The Kier molecular flexibility index (Phi) is 3.41. The van der Waals surface area contributed by atoms with Crippen LogP contribution in [0.15, 0.2) is 53.3 Å². The molecule has 1 heterocycles. The number of nitrogen functional groups attached to an aromatic ring is 1. The van der Waals surface area contributed by atoms with E-state index in [2.05, 4.69) is 4.98 Å². The van der Waals surface area contributed by atoms with Crippen molar-refractivity contribution < 1.29 is 13.9 Å². The van der Waals surface area contributed by atoms with Crippen LogP contribution in [0.1, 0.15) is 0 Å². The first-order valence-electron chi connectivity index (χ1n) is 6.26. The number of hydrogen-bond donors (Lipinski definition) is 1. The normalized spacial score (nSPS) is 10.6. The van der Waals surface area contributed by atoms with E-state index in [1.165, 1.54) is 6.39 Å². The molecule has 0 unspecified atom stereocenters. The third-order valence-electron chi connectivity index (χ3n) is 2.78. The van der Waals surface area contributed by atoms with E-state index in [9.17, 15) is 0 Å². The summed E-state index contributed by atoms with van der Waals surface area (Å²) in [6.07, 6.45) is 1.41. The molecule has 2 N–H and O–H groups in total. The van der Waals surface area contributed by atoms with Crippen molar-refractivity contribution in [2.45, 2.75) is 0 Å². The zero-order chi connectivity index (χ0) is 13.8. The predicted molar refractivity (Wildman–Crippen MR) is 75.9 cm³/mol. The highest BCUT2D eigenvalue weighted by Gasteiger charge is 2.01. The Hall–Kier alpha value is -2.69. The summed E-state index contributed by atoms with van der Waals surface area (Å²) in [5.74, 6) is 1.48. The first-order valence-corrected chi connectivity index (χ1v) is 6.26. The van der Waals surface area contributed by atoms with E-state index in [1.54, 1.807) is 6.07 Å². The minimum atomic E-state index is 0.443. The summed E-state index contributed by atoms with van der Waals surface area (Å²) in [7, 11) is 0. The molecule has 0 atom stereocenters. The van der Waals surface area contributed by atoms with Gasteiger partial charge < -0.3 is 19.6 Å². The summed E-state index contributed by atoms with van der Waals surface area (Å²) in [5, 5.41) is 0. The number of ether oxygens (including phenoxy) is 2. The summed E-state index contributed by atoms with van der Waals surface area (Å²) in [6, 6.07) is 12.8. The number of oxazole rings is 1. The average Bonchev–Trinajstić information content (AvgIpc) is 2.91. The van der Waals surface area contributed by atoms with E-state index >= 15 is 0 Å². The first-order chi connectivity index (χ1) is 9.81. The number of fused-ring (bicyclic) bond motifs is 1. The van der Waals surface area contributed by atoms with E-state index in [0.717, 1.165) is 22.6 Å². The SMILES string of the molecule is Nc1cccc(OCCOc2ccc3ocnc3c2)c1. The maximum Gasteiger partial charge on any atom is 0.181 e. The Labute approximate surface area is 115 Å². The van der Waals surface area contributed by atoms with Crippen molar-refractivity contribution in [1.82, 2.24) is 4.98 Å². The Bertz CT molecular complexity index is 709. The van der Waals surface area contributed by atoms with Crippen LogP contribution in [-0.4, -0.2) is 18.2 Å². The number of anilines is 1. The molecule has 0 saturated heterocycles. The molecule has 5 nitrogen and oxygen atoms in total. The fourth-order valence-electron chi connectivity index (χ4n) is 1.85. The molecule has 0 amide bonds. The Morgan fingerprint density at radius 3 is 2.60 bits per heavy atom. The minimum Gasteiger partial charge on any atom is -0.490 e. The highest BCUT2D eigenvalue weighted by molar-refractivity contribution is 5.73. The van der Waals surface area contributed by atoms with Crippen LogP contribution in [0.4, 0.5) is 5.69 Å². The molecule has 1 aromatic heterocycles. The Morgan fingerprint density at radius 1 is 1.00 bits per heavy atom. The molecule has 0 aliphatic heterocycles. The van der Waals surface area contributed by atoms with Crippen LogP contribution in [0.3, 0.4) is 0 Å². The van der Waals surface area contributed by atoms with Crippen molar-refractivity contribution in [2.75, 3.05) is 18.9 Å². The molecule has 0 bridgehead atoms. The number of nitrogens with two attached hydrogens (primary N) is 1. The lowest BCUT2D eigenvalue weighted by molar-refractivity contribution is 0.217. The molecule has 0 radical (unpaired) electrons. The monoisotopic (exact) mass is 270 g/mol. The number of benzene rings is 2. The van der Waals surface area contributed by atoms with Gasteiger partial charge in [0.15, 0.2) is 12.0 Å². The van der Waals surface area contributed by atoms with Crippen molar-refractivity contribution in [2.24, 2.45) is 0 Å². The molecule has 3 aromatic rings. The van der Waals surface area contributed by atoms with Crippen molar-refractivity contribution >= 4 is 16.8 Å². The molecule has 20 heavy (non-hydrogen) atoms. The standard InChI is InChI=1S/C15H14N2O3/c16-11-2-1-3-12(8-11)18-6-7-19-13-4-5-15-14(9-13)17-10-20-15/h1-5,8-10H,6-7,16H2. The van der Waals surface area contributed by atoms with Gasteiger partial charge in [-0.05, 0) is 24.3 Å². The fourth-order valence-corrected chi connectivity index (χ4v) is 1.85. The van der Waals surface area contributed by atoms with Gasteiger partial charge in [-0.15, -0.1) is 0 Å². The molecule has 0 aliphatic rings. The van der Waals surface area contributed by atoms with E-state index < -0.39 is 0 Å². The maximum atomic E-state index is 5.67. The molecule has 102 valence electrons. The molecule has 0 spiro atoms. The van der Waals surface area contributed by atoms with Crippen LogP contribution >= 0.6 is 0 Å². The second kappa shape index (κ2) is 5.52. The lowest BCUT2D eigenvalue weighted by Crippen LogP contribution is -2.09. The van der Waals surface area contributed by atoms with E-state index in [0.29, 0.717) is 18.9 Å². The molecule has 2 aromatic carbocycles. The lowest BCUT2D eigenvalue weighted by Gasteiger charge is -2.08. The second-order valence-electron chi connectivity index (χ2n) is 4.25. The quantitative estimate of drug-likeness (QED) is 0.570. The van der Waals surface area contributed by atoms with Crippen LogP contribution in [0.5, 0.6) is 11.5 Å². The predicted octanol–water partition coefficient (Wildman–Crippen LogP) is 2.87. The zero-order valence-electron chi connectivity index (χ0n) is 10.8. The van der Waals surface area contributed by atoms with E-state index in [1.807, 2.05) is 36.4 Å². The van der Waals surface area contributed by atoms with Crippen LogP contribution in [0.2, 0.25) is 0 Å². The minimum absolute atomic E-state index is 0.443. The van der Waals surface area contributed by atoms with Crippen LogP contribution in [-0.2, 0) is 0 Å². The molecule has 0 fully saturated rings. The van der Waals surface area contributed by atoms with Gasteiger partial charge in [-0.2, -0.15) is 0 Å². The smallest absolute Gasteiger partial charge is 0.181 e. The van der Waals surface area contributed by atoms with Crippen molar-refractivity contribution in [3.05, 3.63) is 48.9 Å². The van der Waals surface area contributed by atoms with Crippen molar-refractivity contribution in [1.29, 1.82) is 0 Å². The fraction of sp³-hybridized carbons (Fsp3) is 0.133. The molecule has 0 saturated carbocycles. The molecular formula is C15H14N2O3. The van der Waals surface area contributed by atoms with Gasteiger partial charge in [-0.3, -0.25) is 0 Å². The topological polar surface area (TPSA) is 70.5 Å². The lowest BCUT2D eigenvalue weighted by atomic mass is 10.3. The molecule has 3 rings (SSSR count).